The van der Waals surface area contributed by atoms with E-state index < -0.39 is 30.5 Å². The Balaban J connectivity index is 1.29. The average Bonchev–Trinajstić information content (AvgIpc) is 3.33. The highest BCUT2D eigenvalue weighted by molar-refractivity contribution is 5.38. The van der Waals surface area contributed by atoms with E-state index in [2.05, 4.69) is 32.0 Å². The topological polar surface area (TPSA) is 97.6 Å². The molecule has 0 aromatic heterocycles. The quantitative estimate of drug-likeness (QED) is 0.489. The van der Waals surface area contributed by atoms with Crippen LogP contribution in [0, 0.1) is 18.8 Å². The molecule has 8 atom stereocenters. The predicted molar refractivity (Wildman–Crippen MR) is 134 cm³/mol. The molecule has 1 unspecified atom stereocenters. The molecule has 3 N–H and O–H groups in total. The van der Waals surface area contributed by atoms with Crippen molar-refractivity contribution < 1.29 is 34.3 Å². The summed E-state index contributed by atoms with van der Waals surface area (Å²) in [6.45, 7) is 5.79. The van der Waals surface area contributed by atoms with Crippen molar-refractivity contribution in [3.63, 3.8) is 0 Å². The van der Waals surface area contributed by atoms with Crippen molar-refractivity contribution in [2.45, 2.75) is 69.7 Å². The zero-order valence-electron chi connectivity index (χ0n) is 21.1. The molecule has 5 rings (SSSR count). The Labute approximate surface area is 213 Å². The molecular weight excluding hydrogens is 460 g/mol. The smallest absolute Gasteiger partial charge is 0.124 e. The van der Waals surface area contributed by atoms with Crippen LogP contribution in [0.4, 0.5) is 0 Å². The first-order valence-electron chi connectivity index (χ1n) is 13.1. The van der Waals surface area contributed by atoms with Crippen LogP contribution in [0.2, 0.25) is 0 Å². The van der Waals surface area contributed by atoms with E-state index in [0.29, 0.717) is 25.0 Å². The lowest BCUT2D eigenvalue weighted by molar-refractivity contribution is -0.244. The molecule has 3 fully saturated rings. The number of rotatable bonds is 9. The number of hydrogen-bond donors (Lipinski definition) is 3. The minimum absolute atomic E-state index is 0.124. The van der Waals surface area contributed by atoms with Gasteiger partial charge in [0.1, 0.15) is 42.4 Å². The maximum absolute atomic E-state index is 11.1. The number of aliphatic hydroxyl groups is 3. The number of aliphatic hydroxyl groups excluding tert-OH is 3. The van der Waals surface area contributed by atoms with Gasteiger partial charge in [0, 0.05) is 6.42 Å². The fourth-order valence-electron chi connectivity index (χ4n) is 5.19. The van der Waals surface area contributed by atoms with Crippen molar-refractivity contribution in [1.29, 1.82) is 0 Å². The van der Waals surface area contributed by atoms with E-state index in [9.17, 15) is 15.3 Å². The van der Waals surface area contributed by atoms with Gasteiger partial charge < -0.3 is 34.3 Å². The summed E-state index contributed by atoms with van der Waals surface area (Å²) in [7, 11) is 0. The summed E-state index contributed by atoms with van der Waals surface area (Å²) in [5, 5.41) is 31.7. The summed E-state index contributed by atoms with van der Waals surface area (Å²) in [6.07, 6.45) is -1.58. The molecule has 7 nitrogen and oxygen atoms in total. The molecule has 7 heteroatoms. The van der Waals surface area contributed by atoms with Crippen molar-refractivity contribution in [1.82, 2.24) is 0 Å². The van der Waals surface area contributed by atoms with E-state index in [0.717, 1.165) is 53.9 Å². The molecule has 1 saturated carbocycles. The van der Waals surface area contributed by atoms with E-state index >= 15 is 0 Å². The van der Waals surface area contributed by atoms with Gasteiger partial charge in [-0.2, -0.15) is 0 Å². The maximum atomic E-state index is 11.1. The minimum atomic E-state index is -1.09. The van der Waals surface area contributed by atoms with Gasteiger partial charge in [0.25, 0.3) is 0 Å². The van der Waals surface area contributed by atoms with Crippen molar-refractivity contribution >= 4 is 0 Å². The van der Waals surface area contributed by atoms with E-state index in [1.54, 1.807) is 0 Å². The van der Waals surface area contributed by atoms with Crippen molar-refractivity contribution in [3.8, 4) is 5.75 Å². The molecular formula is C29H38O7. The number of ether oxygens (including phenoxy) is 4. The lowest BCUT2D eigenvalue weighted by Gasteiger charge is -2.42. The highest BCUT2D eigenvalue weighted by Gasteiger charge is 2.46. The monoisotopic (exact) mass is 498 g/mol. The highest BCUT2D eigenvalue weighted by Crippen LogP contribution is 2.40. The first-order valence-corrected chi connectivity index (χ1v) is 13.1. The second kappa shape index (κ2) is 11.2. The van der Waals surface area contributed by atoms with Gasteiger partial charge in [-0.05, 0) is 66.0 Å². The van der Waals surface area contributed by atoms with Crippen LogP contribution in [0.1, 0.15) is 48.1 Å². The first kappa shape index (κ1) is 25.6. The lowest BCUT2D eigenvalue weighted by atomic mass is 9.89. The molecule has 2 aromatic rings. The SMILES string of the molecule is Cc1ccc(C2O[C@H](CO)[C@@H](O)[C@H](OC[C@@H]3C[C@H]3C)[C@H]2O)cc1Cc1ccc(O[C@@H]2CCOC2)cc1. The number of benzene rings is 2. The van der Waals surface area contributed by atoms with Crippen LogP contribution < -0.4 is 4.74 Å². The normalized spacial score (nSPS) is 34.0. The van der Waals surface area contributed by atoms with Crippen molar-refractivity contribution in [3.05, 3.63) is 64.7 Å². The molecule has 2 saturated heterocycles. The van der Waals surface area contributed by atoms with Gasteiger partial charge in [-0.25, -0.2) is 0 Å². The second-order valence-electron chi connectivity index (χ2n) is 10.6. The fraction of sp³-hybridized carbons (Fsp3) is 0.586. The van der Waals surface area contributed by atoms with Crippen LogP contribution in [0.3, 0.4) is 0 Å². The van der Waals surface area contributed by atoms with Crippen molar-refractivity contribution in [2.24, 2.45) is 11.8 Å². The molecule has 0 spiro atoms. The third-order valence-electron chi connectivity index (χ3n) is 7.85. The third kappa shape index (κ3) is 5.77. The maximum Gasteiger partial charge on any atom is 0.124 e. The zero-order valence-corrected chi connectivity index (χ0v) is 21.1. The van der Waals surface area contributed by atoms with Gasteiger partial charge >= 0.3 is 0 Å². The number of hydrogen-bond acceptors (Lipinski definition) is 7. The van der Waals surface area contributed by atoms with Crippen LogP contribution in [0.5, 0.6) is 5.75 Å². The van der Waals surface area contributed by atoms with Gasteiger partial charge in [0.15, 0.2) is 0 Å². The molecule has 2 heterocycles. The van der Waals surface area contributed by atoms with E-state index in [1.807, 2.05) is 24.3 Å². The fourth-order valence-corrected chi connectivity index (χ4v) is 5.19. The Hall–Kier alpha value is -2.00. The molecule has 1 aliphatic carbocycles. The van der Waals surface area contributed by atoms with Gasteiger partial charge in [-0.3, -0.25) is 0 Å². The van der Waals surface area contributed by atoms with E-state index in [4.69, 9.17) is 18.9 Å². The van der Waals surface area contributed by atoms with E-state index in [-0.39, 0.29) is 12.7 Å². The molecule has 3 aliphatic rings. The Morgan fingerprint density at radius 1 is 1.06 bits per heavy atom. The Morgan fingerprint density at radius 3 is 2.50 bits per heavy atom. The molecule has 36 heavy (non-hydrogen) atoms. The summed E-state index contributed by atoms with van der Waals surface area (Å²) in [5.41, 5.74) is 4.22. The molecule has 2 aromatic carbocycles. The largest absolute Gasteiger partial charge is 0.488 e. The van der Waals surface area contributed by atoms with Crippen LogP contribution in [0.15, 0.2) is 42.5 Å². The third-order valence-corrected chi connectivity index (χ3v) is 7.85. The van der Waals surface area contributed by atoms with Gasteiger partial charge in [0.2, 0.25) is 0 Å². The first-order chi connectivity index (χ1) is 17.4. The van der Waals surface area contributed by atoms with Crippen LogP contribution in [0.25, 0.3) is 0 Å². The molecule has 0 amide bonds. The summed E-state index contributed by atoms with van der Waals surface area (Å²) in [4.78, 5) is 0. The van der Waals surface area contributed by atoms with Gasteiger partial charge in [-0.15, -0.1) is 0 Å². The lowest BCUT2D eigenvalue weighted by Crippen LogP contribution is -2.56. The predicted octanol–water partition coefficient (Wildman–Crippen LogP) is 2.95. The Bertz CT molecular complexity index is 1000. The molecule has 0 bridgehead atoms. The van der Waals surface area contributed by atoms with Gasteiger partial charge in [0.05, 0.1) is 26.4 Å². The summed E-state index contributed by atoms with van der Waals surface area (Å²) < 4.78 is 23.3. The van der Waals surface area contributed by atoms with E-state index in [1.165, 1.54) is 0 Å². The summed E-state index contributed by atoms with van der Waals surface area (Å²) in [6, 6.07) is 14.2. The van der Waals surface area contributed by atoms with Gasteiger partial charge in [-0.1, -0.05) is 37.3 Å². The summed E-state index contributed by atoms with van der Waals surface area (Å²) >= 11 is 0. The Morgan fingerprint density at radius 2 is 1.83 bits per heavy atom. The molecule has 2 aliphatic heterocycles. The molecule has 196 valence electrons. The standard InChI is InChI=1S/C29H38O7/c1-17-3-6-20(13-21(17)12-19-4-7-23(8-5-19)35-24-9-10-33-16-24)28-27(32)29(26(31)25(14-30)36-28)34-15-22-11-18(22)2/h3-8,13,18,22,24-32H,9-12,14-16H2,1-2H3/t18-,22+,24-,25-,26-,27+,28?,29+/m1/s1. The average molecular weight is 499 g/mol. The molecule has 0 radical (unpaired) electrons. The van der Waals surface area contributed by atoms with Crippen LogP contribution >= 0.6 is 0 Å². The number of aryl methyl sites for hydroxylation is 1. The van der Waals surface area contributed by atoms with Crippen LogP contribution in [-0.4, -0.2) is 72.3 Å². The van der Waals surface area contributed by atoms with Crippen molar-refractivity contribution in [2.75, 3.05) is 26.4 Å². The zero-order chi connectivity index (χ0) is 25.2. The van der Waals surface area contributed by atoms with Crippen LogP contribution in [-0.2, 0) is 20.6 Å². The Kier molecular flexibility index (Phi) is 7.96. The summed E-state index contributed by atoms with van der Waals surface area (Å²) in [5.74, 6) is 1.92. The second-order valence-corrected chi connectivity index (χ2v) is 10.6. The minimum Gasteiger partial charge on any atom is -0.488 e. The highest BCUT2D eigenvalue weighted by atomic mass is 16.6.